The predicted octanol–water partition coefficient (Wildman–Crippen LogP) is 4.89. The SMILES string of the molecule is O=C1NC(=Nc2ccc(F)cc2)SC1=Cc1ccc(-c2cccc([N+](=O)[O-])c2)o1. The first-order valence-corrected chi connectivity index (χ1v) is 9.19. The second-order valence-corrected chi connectivity index (χ2v) is 7.00. The molecule has 0 unspecified atom stereocenters. The van der Waals surface area contributed by atoms with Crippen LogP contribution in [0.4, 0.5) is 15.8 Å². The molecule has 3 aromatic rings. The summed E-state index contributed by atoms with van der Waals surface area (Å²) in [5.74, 6) is 0.176. The molecule has 4 rings (SSSR count). The number of hydrogen-bond acceptors (Lipinski definition) is 6. The molecule has 144 valence electrons. The smallest absolute Gasteiger partial charge is 0.270 e. The molecule has 1 fully saturated rings. The zero-order chi connectivity index (χ0) is 20.4. The van der Waals surface area contributed by atoms with Gasteiger partial charge in [0.2, 0.25) is 0 Å². The van der Waals surface area contributed by atoms with Crippen molar-refractivity contribution in [1.82, 2.24) is 5.32 Å². The van der Waals surface area contributed by atoms with Gasteiger partial charge in [-0.15, -0.1) is 0 Å². The van der Waals surface area contributed by atoms with E-state index in [1.165, 1.54) is 36.4 Å². The Bertz CT molecular complexity index is 1170. The molecule has 0 saturated carbocycles. The molecule has 1 aliphatic heterocycles. The predicted molar refractivity (Wildman–Crippen MR) is 108 cm³/mol. The molecule has 1 N–H and O–H groups in total. The van der Waals surface area contributed by atoms with Crippen LogP contribution in [0, 0.1) is 15.9 Å². The number of rotatable bonds is 4. The second-order valence-electron chi connectivity index (χ2n) is 5.97. The van der Waals surface area contributed by atoms with Gasteiger partial charge in [0.15, 0.2) is 5.17 Å². The van der Waals surface area contributed by atoms with Crippen molar-refractivity contribution in [3.63, 3.8) is 0 Å². The number of carbonyl (C=O) groups is 1. The van der Waals surface area contributed by atoms with Crippen molar-refractivity contribution in [2.45, 2.75) is 0 Å². The number of benzene rings is 2. The Morgan fingerprint density at radius 1 is 1.14 bits per heavy atom. The molecular formula is C20H12FN3O4S. The second kappa shape index (κ2) is 7.72. The lowest BCUT2D eigenvalue weighted by molar-refractivity contribution is -0.384. The summed E-state index contributed by atoms with van der Waals surface area (Å²) in [6, 6.07) is 15.0. The number of amides is 1. The van der Waals surface area contributed by atoms with Crippen molar-refractivity contribution >= 4 is 40.3 Å². The quantitative estimate of drug-likeness (QED) is 0.376. The van der Waals surface area contributed by atoms with Gasteiger partial charge in [0.25, 0.3) is 11.6 Å². The van der Waals surface area contributed by atoms with Gasteiger partial charge >= 0.3 is 0 Å². The average Bonchev–Trinajstić information content (AvgIpc) is 3.31. The molecule has 2 heterocycles. The largest absolute Gasteiger partial charge is 0.457 e. The standard InChI is InChI=1S/C20H12FN3O4S/c21-13-4-6-14(7-5-13)22-20-23-19(25)18(29-20)11-16-8-9-17(28-16)12-2-1-3-15(10-12)24(26)27/h1-11H,(H,22,23,25). The van der Waals surface area contributed by atoms with Crippen molar-refractivity contribution in [3.05, 3.63) is 87.3 Å². The number of aliphatic imine (C=N–C) groups is 1. The average molecular weight is 409 g/mol. The minimum Gasteiger partial charge on any atom is -0.457 e. The number of thioether (sulfide) groups is 1. The van der Waals surface area contributed by atoms with Crippen LogP contribution < -0.4 is 5.32 Å². The van der Waals surface area contributed by atoms with Gasteiger partial charge in [-0.3, -0.25) is 14.9 Å². The first kappa shape index (κ1) is 18.6. The molecule has 0 bridgehead atoms. The fourth-order valence-electron chi connectivity index (χ4n) is 2.60. The fourth-order valence-corrected chi connectivity index (χ4v) is 3.42. The monoisotopic (exact) mass is 409 g/mol. The van der Waals surface area contributed by atoms with E-state index in [0.29, 0.717) is 32.8 Å². The maximum Gasteiger partial charge on any atom is 0.270 e. The van der Waals surface area contributed by atoms with Gasteiger partial charge < -0.3 is 9.73 Å². The molecule has 1 aliphatic rings. The molecule has 1 aromatic heterocycles. The third kappa shape index (κ3) is 4.25. The van der Waals surface area contributed by atoms with Crippen LogP contribution in [0.5, 0.6) is 0 Å². The minimum atomic E-state index is -0.475. The van der Waals surface area contributed by atoms with Crippen LogP contribution in [0.25, 0.3) is 17.4 Å². The Kier molecular flexibility index (Phi) is 4.96. The van der Waals surface area contributed by atoms with Gasteiger partial charge in [-0.1, -0.05) is 12.1 Å². The van der Waals surface area contributed by atoms with Gasteiger partial charge in [-0.2, -0.15) is 0 Å². The van der Waals surface area contributed by atoms with Gasteiger partial charge in [-0.05, 0) is 48.2 Å². The van der Waals surface area contributed by atoms with Crippen LogP contribution in [0.15, 0.2) is 75.0 Å². The highest BCUT2D eigenvalue weighted by molar-refractivity contribution is 8.18. The number of nitro benzene ring substituents is 1. The topological polar surface area (TPSA) is 97.7 Å². The van der Waals surface area contributed by atoms with E-state index in [4.69, 9.17) is 4.42 Å². The summed E-state index contributed by atoms with van der Waals surface area (Å²) >= 11 is 1.13. The number of furan rings is 1. The first-order valence-electron chi connectivity index (χ1n) is 8.38. The lowest BCUT2D eigenvalue weighted by atomic mass is 10.1. The zero-order valence-corrected chi connectivity index (χ0v) is 15.5. The van der Waals surface area contributed by atoms with E-state index in [1.54, 1.807) is 30.3 Å². The summed E-state index contributed by atoms with van der Waals surface area (Å²) in [5.41, 5.74) is 1.04. The highest BCUT2D eigenvalue weighted by atomic mass is 32.2. The van der Waals surface area contributed by atoms with Crippen LogP contribution in [-0.4, -0.2) is 16.0 Å². The van der Waals surface area contributed by atoms with Crippen LogP contribution in [0.2, 0.25) is 0 Å². The molecule has 29 heavy (non-hydrogen) atoms. The van der Waals surface area contributed by atoms with Gasteiger partial charge in [-0.25, -0.2) is 9.38 Å². The number of nitro groups is 1. The van der Waals surface area contributed by atoms with Crippen LogP contribution in [0.3, 0.4) is 0 Å². The number of amidine groups is 1. The molecule has 0 aliphatic carbocycles. The van der Waals surface area contributed by atoms with E-state index >= 15 is 0 Å². The van der Waals surface area contributed by atoms with E-state index in [1.807, 2.05) is 0 Å². The van der Waals surface area contributed by atoms with Crippen molar-refractivity contribution in [3.8, 4) is 11.3 Å². The van der Waals surface area contributed by atoms with Crippen LogP contribution in [-0.2, 0) is 4.79 Å². The van der Waals surface area contributed by atoms with E-state index in [-0.39, 0.29) is 17.4 Å². The van der Waals surface area contributed by atoms with Crippen molar-refractivity contribution in [2.24, 2.45) is 4.99 Å². The Hall–Kier alpha value is -3.72. The van der Waals surface area contributed by atoms with E-state index < -0.39 is 4.92 Å². The van der Waals surface area contributed by atoms with E-state index in [9.17, 15) is 19.3 Å². The summed E-state index contributed by atoms with van der Waals surface area (Å²) in [6.07, 6.45) is 1.56. The number of nitrogens with one attached hydrogen (secondary N) is 1. The van der Waals surface area contributed by atoms with Gasteiger partial charge in [0.05, 0.1) is 15.5 Å². The number of halogens is 1. The van der Waals surface area contributed by atoms with E-state index in [2.05, 4.69) is 10.3 Å². The lowest BCUT2D eigenvalue weighted by Gasteiger charge is -1.97. The van der Waals surface area contributed by atoms with Crippen LogP contribution >= 0.6 is 11.8 Å². The lowest BCUT2D eigenvalue weighted by Crippen LogP contribution is -2.19. The molecular weight excluding hydrogens is 397 g/mol. The van der Waals surface area contributed by atoms with Crippen LogP contribution in [0.1, 0.15) is 5.76 Å². The van der Waals surface area contributed by atoms with Crippen molar-refractivity contribution in [2.75, 3.05) is 0 Å². The fraction of sp³-hybridized carbons (Fsp3) is 0. The summed E-state index contributed by atoms with van der Waals surface area (Å²) in [4.78, 5) is 27.3. The first-order chi connectivity index (χ1) is 14.0. The number of nitrogens with zero attached hydrogens (tertiary/aromatic N) is 2. The summed E-state index contributed by atoms with van der Waals surface area (Å²) in [6.45, 7) is 0. The maximum atomic E-state index is 13.0. The highest BCUT2D eigenvalue weighted by Gasteiger charge is 2.24. The normalized spacial score (nSPS) is 16.4. The number of carbonyl (C=O) groups excluding carboxylic acids is 1. The Balaban J connectivity index is 1.54. The number of non-ortho nitro benzene ring substituents is 1. The highest BCUT2D eigenvalue weighted by Crippen LogP contribution is 2.31. The van der Waals surface area contributed by atoms with Gasteiger partial charge in [0, 0.05) is 23.8 Å². The minimum absolute atomic E-state index is 0.0359. The summed E-state index contributed by atoms with van der Waals surface area (Å²) in [5, 5.41) is 13.9. The molecule has 1 amide bonds. The molecule has 0 spiro atoms. The molecule has 2 aromatic carbocycles. The number of hydrogen-bond donors (Lipinski definition) is 1. The summed E-state index contributed by atoms with van der Waals surface area (Å²) < 4.78 is 18.7. The zero-order valence-electron chi connectivity index (χ0n) is 14.7. The van der Waals surface area contributed by atoms with Crippen molar-refractivity contribution < 1.29 is 18.5 Å². The third-order valence-corrected chi connectivity index (χ3v) is 4.86. The molecule has 7 nitrogen and oxygen atoms in total. The molecule has 9 heteroatoms. The summed E-state index contributed by atoms with van der Waals surface area (Å²) in [7, 11) is 0. The Labute approximate surface area is 168 Å². The van der Waals surface area contributed by atoms with Crippen molar-refractivity contribution in [1.29, 1.82) is 0 Å². The Morgan fingerprint density at radius 3 is 2.69 bits per heavy atom. The maximum absolute atomic E-state index is 13.0. The van der Waals surface area contributed by atoms with E-state index in [0.717, 1.165) is 11.8 Å². The molecule has 0 atom stereocenters. The van der Waals surface area contributed by atoms with Gasteiger partial charge in [0.1, 0.15) is 17.3 Å². The molecule has 1 saturated heterocycles. The molecule has 0 radical (unpaired) electrons. The third-order valence-electron chi connectivity index (χ3n) is 3.95. The Morgan fingerprint density at radius 2 is 1.93 bits per heavy atom.